The molecule has 0 unspecified atom stereocenters. The first kappa shape index (κ1) is 26.1. The van der Waals surface area contributed by atoms with Gasteiger partial charge in [-0.3, -0.25) is 0 Å². The van der Waals surface area contributed by atoms with Crippen LogP contribution in [-0.4, -0.2) is 35.6 Å². The van der Waals surface area contributed by atoms with Gasteiger partial charge in [0, 0.05) is 0 Å². The molecule has 0 amide bonds. The molecule has 29 heavy (non-hydrogen) atoms. The number of sulfonamides is 1. The summed E-state index contributed by atoms with van der Waals surface area (Å²) in [5, 5.41) is 7.67. The molecule has 2 rings (SSSR count). The van der Waals surface area contributed by atoms with Crippen LogP contribution in [0, 0.1) is 5.92 Å². The minimum absolute atomic E-state index is 0. The zero-order valence-corrected chi connectivity index (χ0v) is 20.4. The minimum Gasteiger partial charge on any atom is -0.744 e. The molecule has 156 valence electrons. The van der Waals surface area contributed by atoms with Crippen LogP contribution < -0.4 is 40.0 Å². The van der Waals surface area contributed by atoms with Crippen molar-refractivity contribution < 1.29 is 63.8 Å². The fourth-order valence-corrected chi connectivity index (χ4v) is 6.28. The van der Waals surface area contributed by atoms with Crippen molar-refractivity contribution in [3.05, 3.63) is 36.3 Å². The summed E-state index contributed by atoms with van der Waals surface area (Å²) in [6.45, 7) is 3.15. The van der Waals surface area contributed by atoms with Crippen LogP contribution in [0.4, 0.5) is 5.69 Å². The van der Waals surface area contributed by atoms with Crippen LogP contribution in [0.25, 0.3) is 0 Å². The molecular weight excluding hydrogens is 455 g/mol. The zero-order valence-electron chi connectivity index (χ0n) is 15.9. The number of furan rings is 1. The third-order valence-corrected chi connectivity index (χ3v) is 7.61. The Morgan fingerprint density at radius 3 is 2.14 bits per heavy atom. The van der Waals surface area contributed by atoms with Crippen LogP contribution in [0.3, 0.4) is 0 Å². The first-order valence-electron chi connectivity index (χ1n) is 7.87. The number of benzene rings is 1. The fourth-order valence-electron chi connectivity index (χ4n) is 2.48. The largest absolute Gasteiger partial charge is 1.00 e. The van der Waals surface area contributed by atoms with Gasteiger partial charge in [0.1, 0.15) is 20.8 Å². The number of hydrogen-bond acceptors (Lipinski definition) is 9. The summed E-state index contributed by atoms with van der Waals surface area (Å²) in [6, 6.07) is 4.40. The summed E-state index contributed by atoms with van der Waals surface area (Å²) in [6.07, 6.45) is 1.37. The van der Waals surface area contributed by atoms with E-state index in [1.54, 1.807) is 26.0 Å². The quantitative estimate of drug-likeness (QED) is 0.320. The number of nitrogens with two attached hydrogens (primary N) is 1. The van der Waals surface area contributed by atoms with Gasteiger partial charge in [0.15, 0.2) is 9.84 Å². The van der Waals surface area contributed by atoms with Gasteiger partial charge in [-0.2, -0.15) is 0 Å². The van der Waals surface area contributed by atoms with Crippen LogP contribution in [0.2, 0.25) is 0 Å². The maximum absolute atomic E-state index is 12.7. The van der Waals surface area contributed by atoms with Gasteiger partial charge in [-0.05, 0) is 30.2 Å². The van der Waals surface area contributed by atoms with E-state index in [0.717, 1.165) is 6.07 Å². The average molecular weight is 475 g/mol. The van der Waals surface area contributed by atoms with E-state index in [0.29, 0.717) is 11.8 Å². The van der Waals surface area contributed by atoms with E-state index < -0.39 is 50.4 Å². The van der Waals surface area contributed by atoms with Gasteiger partial charge in [0.05, 0.1) is 34.0 Å². The molecule has 0 fully saturated rings. The molecule has 2 aromatic rings. The van der Waals surface area contributed by atoms with Crippen LogP contribution in [0.1, 0.15) is 19.6 Å². The molecule has 3 N–H and O–H groups in total. The summed E-state index contributed by atoms with van der Waals surface area (Å²) in [5.74, 6) is -0.381. The van der Waals surface area contributed by atoms with Gasteiger partial charge in [-0.1, -0.05) is 13.8 Å². The predicted octanol–water partition coefficient (Wildman–Crippen LogP) is -2.12. The first-order chi connectivity index (χ1) is 12.7. The monoisotopic (exact) mass is 474 g/mol. The van der Waals surface area contributed by atoms with E-state index in [4.69, 9.17) is 9.56 Å². The van der Waals surface area contributed by atoms with E-state index in [-0.39, 0.29) is 47.7 Å². The second-order valence-corrected chi connectivity index (χ2v) is 11.3. The normalized spacial score (nSPS) is 12.6. The fraction of sp³-hybridized carbons (Fsp3) is 0.333. The Hall–Kier alpha value is -0.930. The summed E-state index contributed by atoms with van der Waals surface area (Å²) in [4.78, 5) is -2.57. The van der Waals surface area contributed by atoms with Gasteiger partial charge in [0.25, 0.3) is 0 Å². The summed E-state index contributed by atoms with van der Waals surface area (Å²) in [7, 11) is -13.9. The first-order valence-corrected chi connectivity index (χ1v) is 12.5. The molecule has 0 spiro atoms. The molecule has 0 atom stereocenters. The molecule has 1 heterocycles. The molecule has 10 nitrogen and oxygen atoms in total. The predicted molar refractivity (Wildman–Crippen MR) is 98.7 cm³/mol. The van der Waals surface area contributed by atoms with Gasteiger partial charge >= 0.3 is 29.6 Å². The van der Waals surface area contributed by atoms with Crippen molar-refractivity contribution in [2.75, 3.05) is 11.1 Å². The minimum atomic E-state index is -5.15. The maximum Gasteiger partial charge on any atom is 1.00 e. The molecule has 0 radical (unpaired) electrons. The van der Waals surface area contributed by atoms with Crippen LogP contribution in [0.5, 0.6) is 0 Å². The van der Waals surface area contributed by atoms with E-state index in [1.807, 2.05) is 0 Å². The Bertz CT molecular complexity index is 1170. The van der Waals surface area contributed by atoms with Crippen molar-refractivity contribution in [1.29, 1.82) is 0 Å². The Morgan fingerprint density at radius 2 is 1.69 bits per heavy atom. The number of anilines is 1. The molecule has 1 aromatic carbocycles. The standard InChI is InChI=1S/C15H20N2O8S3.Na/c1-10(2)9-26(18,19)14-6-12(17-8-11-4-3-5-25-11)13(28(22,23)24)7-15(14)27(16,20)21;/h3-7,10,17H,8-9H2,1-2H3,(H2,16,20,21)(H,22,23,24);/q;+1/p-1. The summed E-state index contributed by atoms with van der Waals surface area (Å²) >= 11 is 0. The van der Waals surface area contributed by atoms with Crippen LogP contribution >= 0.6 is 0 Å². The zero-order chi connectivity index (χ0) is 21.3. The molecule has 14 heteroatoms. The third kappa shape index (κ3) is 6.79. The molecule has 0 bridgehead atoms. The Labute approximate surface area is 191 Å². The molecule has 0 aliphatic carbocycles. The summed E-state index contributed by atoms with van der Waals surface area (Å²) < 4.78 is 89.1. The van der Waals surface area contributed by atoms with E-state index in [9.17, 15) is 29.8 Å². The average Bonchev–Trinajstić information content (AvgIpc) is 3.02. The van der Waals surface area contributed by atoms with E-state index >= 15 is 0 Å². The van der Waals surface area contributed by atoms with E-state index in [1.165, 1.54) is 6.26 Å². The van der Waals surface area contributed by atoms with Gasteiger partial charge in [-0.25, -0.2) is 30.4 Å². The van der Waals surface area contributed by atoms with Gasteiger partial charge < -0.3 is 14.3 Å². The van der Waals surface area contributed by atoms with Gasteiger partial charge in [0.2, 0.25) is 10.0 Å². The summed E-state index contributed by atoms with van der Waals surface area (Å²) in [5.41, 5.74) is -0.374. The third-order valence-electron chi connectivity index (χ3n) is 3.54. The van der Waals surface area contributed by atoms with Crippen LogP contribution in [0.15, 0.2) is 49.6 Å². The Morgan fingerprint density at radius 1 is 1.07 bits per heavy atom. The molecular formula is C15H19N2NaO8S3. The molecule has 0 aliphatic heterocycles. The van der Waals surface area contributed by atoms with Crippen molar-refractivity contribution in [2.45, 2.75) is 35.1 Å². The number of nitrogens with one attached hydrogen (secondary N) is 1. The number of sulfone groups is 1. The number of hydrogen-bond donors (Lipinski definition) is 2. The van der Waals surface area contributed by atoms with Crippen molar-refractivity contribution in [1.82, 2.24) is 0 Å². The Balaban J connectivity index is 0.00000420. The topological polar surface area (TPSA) is 177 Å². The second-order valence-electron chi connectivity index (χ2n) is 6.40. The molecule has 1 aromatic heterocycles. The van der Waals surface area contributed by atoms with E-state index in [2.05, 4.69) is 5.32 Å². The smallest absolute Gasteiger partial charge is 0.744 e. The van der Waals surface area contributed by atoms with Crippen LogP contribution in [-0.2, 0) is 36.5 Å². The molecule has 0 saturated heterocycles. The maximum atomic E-state index is 12.7. The molecule has 0 aliphatic rings. The second kappa shape index (κ2) is 9.47. The van der Waals surface area contributed by atoms with Crippen molar-refractivity contribution in [3.63, 3.8) is 0 Å². The number of primary sulfonamides is 1. The Kier molecular flexibility index (Phi) is 8.53. The van der Waals surface area contributed by atoms with Crippen molar-refractivity contribution >= 4 is 35.7 Å². The number of rotatable bonds is 8. The molecule has 0 saturated carbocycles. The van der Waals surface area contributed by atoms with Crippen molar-refractivity contribution in [3.8, 4) is 0 Å². The van der Waals surface area contributed by atoms with Gasteiger partial charge in [-0.15, -0.1) is 0 Å². The van der Waals surface area contributed by atoms with Crippen molar-refractivity contribution in [2.24, 2.45) is 11.1 Å². The SMILES string of the molecule is CC(C)CS(=O)(=O)c1cc(NCc2ccco2)c(S(=O)(=O)[O-])cc1S(N)(=O)=O.[Na+].